The Morgan fingerprint density at radius 1 is 0.641 bits per heavy atom. The summed E-state index contributed by atoms with van der Waals surface area (Å²) in [5, 5.41) is 22.1. The van der Waals surface area contributed by atoms with Gasteiger partial charge in [0, 0.05) is 64.4 Å². The van der Waals surface area contributed by atoms with Crippen molar-refractivity contribution in [2.45, 2.75) is 90.1 Å². The Balaban J connectivity index is 0.000000241. The minimum atomic E-state index is -1.19. The third kappa shape index (κ3) is 14.6. The first-order valence-electron chi connectivity index (χ1n) is 21.9. The number of anilines is 4. The normalized spacial score (nSPS) is 20.8. The summed E-state index contributed by atoms with van der Waals surface area (Å²) in [6.45, 7) is 7.88. The number of aromatic nitrogens is 4. The van der Waals surface area contributed by atoms with Gasteiger partial charge < -0.3 is 40.4 Å². The molecule has 24 heteroatoms. The van der Waals surface area contributed by atoms with E-state index in [-0.39, 0.29) is 59.0 Å². The number of carbonyl (C=O) groups excluding carboxylic acids is 2. The maximum absolute atomic E-state index is 15.2. The summed E-state index contributed by atoms with van der Waals surface area (Å²) in [5.41, 5.74) is 9.99. The molecule has 0 unspecified atom stereocenters. The van der Waals surface area contributed by atoms with Crippen molar-refractivity contribution in [2.75, 3.05) is 87.1 Å². The molecule has 2 saturated carbocycles. The number of nitrogens with zero attached hydrogens (tertiary/aromatic N) is 8. The molecular weight excluding hydrogens is 881 g/mol. The van der Waals surface area contributed by atoms with Crippen LogP contribution < -0.4 is 42.1 Å². The number of hydrazine groups is 2. The number of nitrogens with one attached hydrogen (secondary N) is 6. The van der Waals surface area contributed by atoms with Gasteiger partial charge in [-0.1, -0.05) is 51.4 Å². The Labute approximate surface area is 381 Å². The van der Waals surface area contributed by atoms with Crippen LogP contribution in [-0.2, 0) is 9.59 Å². The van der Waals surface area contributed by atoms with Gasteiger partial charge in [-0.05, 0) is 75.8 Å². The molecule has 4 atom stereocenters. The highest BCUT2D eigenvalue weighted by Crippen LogP contribution is 2.32. The second-order valence-electron chi connectivity index (χ2n) is 17.3. The van der Waals surface area contributed by atoms with Gasteiger partial charge in [0.25, 0.3) is 0 Å². The number of likely N-dealkylation sites (N-methyl/N-ethyl adjacent to an activating group) is 2. The van der Waals surface area contributed by atoms with Crippen LogP contribution in [0.4, 0.5) is 41.6 Å². The van der Waals surface area contributed by atoms with E-state index in [0.717, 1.165) is 64.5 Å². The second kappa shape index (κ2) is 23.9. The maximum atomic E-state index is 15.2. The van der Waals surface area contributed by atoms with Gasteiger partial charge in [-0.3, -0.25) is 31.3 Å². The van der Waals surface area contributed by atoms with Crippen molar-refractivity contribution in [3.05, 3.63) is 22.2 Å². The average molecular weight is 944 g/mol. The standard InChI is InChI=1S/2C20H31ClFN7O3/c2*1-12-11-29(8-7-28(12)2)17-15(22)16(24-19(21)25-17)26-27-18(30)14(10-23-20(31)32)9-13-5-3-4-6-13/h2*12-14,23H,3-11H2,1-2H3,(H,27,30)(H,31,32)(H,24,25,26)/t2*12-,14-/m11/s1. The van der Waals surface area contributed by atoms with Crippen molar-refractivity contribution in [1.29, 1.82) is 0 Å². The first-order chi connectivity index (χ1) is 30.5. The van der Waals surface area contributed by atoms with Crippen molar-refractivity contribution >= 4 is 70.5 Å². The molecule has 64 heavy (non-hydrogen) atoms. The molecule has 0 bridgehead atoms. The van der Waals surface area contributed by atoms with E-state index in [0.29, 0.717) is 50.9 Å². The number of carboxylic acid groups (broad SMARTS) is 2. The van der Waals surface area contributed by atoms with Crippen LogP contribution in [-0.4, -0.2) is 142 Å². The fraction of sp³-hybridized carbons (Fsp3) is 0.700. The minimum Gasteiger partial charge on any atom is -0.465 e. The number of carbonyl (C=O) groups is 4. The second-order valence-corrected chi connectivity index (χ2v) is 18.0. The summed E-state index contributed by atoms with van der Waals surface area (Å²) in [7, 11) is 4.02. The van der Waals surface area contributed by atoms with Crippen LogP contribution in [0, 0.1) is 35.3 Å². The zero-order chi connectivity index (χ0) is 46.5. The third-order valence-electron chi connectivity index (χ3n) is 12.7. The van der Waals surface area contributed by atoms with E-state index in [2.05, 4.69) is 62.1 Å². The summed E-state index contributed by atoms with van der Waals surface area (Å²) in [5.74, 6) is -3.01. The molecule has 2 aromatic rings. The number of piperazine rings is 2. The molecule has 4 amide bonds. The first kappa shape index (κ1) is 50.2. The van der Waals surface area contributed by atoms with Crippen molar-refractivity contribution in [3.63, 3.8) is 0 Å². The van der Waals surface area contributed by atoms with Gasteiger partial charge in [0.05, 0.1) is 11.8 Å². The van der Waals surface area contributed by atoms with E-state index >= 15 is 8.78 Å². The smallest absolute Gasteiger partial charge is 0.404 e. The lowest BCUT2D eigenvalue weighted by atomic mass is 9.92. The molecule has 2 aliphatic carbocycles. The SMILES string of the molecule is C[C@@H]1CN(c2nc(Cl)nc(NNC(=O)[C@@H](CNC(=O)O)CC3CCCC3)c2F)CCN1C.C[C@@H]1CN(c2nc(Cl)nc(NNC(=O)[C@@H](CNC(=O)O)CC3CCCC3)c2F)CCN1C. The van der Waals surface area contributed by atoms with Crippen LogP contribution in [0.1, 0.15) is 78.1 Å². The Bertz CT molecular complexity index is 1780. The predicted molar refractivity (Wildman–Crippen MR) is 238 cm³/mol. The highest BCUT2D eigenvalue weighted by molar-refractivity contribution is 6.28. The Kier molecular flexibility index (Phi) is 18.8. The van der Waals surface area contributed by atoms with Crippen LogP contribution in [0.25, 0.3) is 0 Å². The van der Waals surface area contributed by atoms with Gasteiger partial charge in [0.1, 0.15) is 0 Å². The predicted octanol–water partition coefficient (Wildman–Crippen LogP) is 4.63. The highest BCUT2D eigenvalue weighted by atomic mass is 35.5. The van der Waals surface area contributed by atoms with E-state index in [1.165, 1.54) is 0 Å². The van der Waals surface area contributed by atoms with Crippen LogP contribution in [0.15, 0.2) is 0 Å². The van der Waals surface area contributed by atoms with Crippen molar-refractivity contribution < 1.29 is 38.2 Å². The van der Waals surface area contributed by atoms with E-state index in [4.69, 9.17) is 33.4 Å². The minimum absolute atomic E-state index is 0.0171. The van der Waals surface area contributed by atoms with Gasteiger partial charge in [0.15, 0.2) is 23.3 Å². The highest BCUT2D eigenvalue weighted by Gasteiger charge is 2.31. The molecule has 8 N–H and O–H groups in total. The Morgan fingerprint density at radius 3 is 1.33 bits per heavy atom. The quantitative estimate of drug-likeness (QED) is 0.0845. The van der Waals surface area contributed by atoms with Gasteiger partial charge >= 0.3 is 12.2 Å². The fourth-order valence-electron chi connectivity index (χ4n) is 8.61. The number of hydrogen-bond acceptors (Lipinski definition) is 14. The largest absolute Gasteiger partial charge is 0.465 e. The van der Waals surface area contributed by atoms with Gasteiger partial charge in [-0.2, -0.15) is 28.7 Å². The van der Waals surface area contributed by atoms with Crippen molar-refractivity contribution in [2.24, 2.45) is 23.7 Å². The molecule has 0 aromatic carbocycles. The molecule has 0 radical (unpaired) electrons. The average Bonchev–Trinajstić information content (AvgIpc) is 3.98. The van der Waals surface area contributed by atoms with E-state index in [1.807, 2.05) is 27.9 Å². The van der Waals surface area contributed by atoms with E-state index in [1.54, 1.807) is 9.80 Å². The first-order valence-corrected chi connectivity index (χ1v) is 22.7. The van der Waals surface area contributed by atoms with Crippen LogP contribution in [0.3, 0.4) is 0 Å². The van der Waals surface area contributed by atoms with Crippen molar-refractivity contribution in [3.8, 4) is 0 Å². The lowest BCUT2D eigenvalue weighted by molar-refractivity contribution is -0.125. The van der Waals surface area contributed by atoms with Crippen LogP contribution >= 0.6 is 23.2 Å². The van der Waals surface area contributed by atoms with E-state index in [9.17, 15) is 19.2 Å². The summed E-state index contributed by atoms with van der Waals surface area (Å²) in [6.07, 6.45) is 7.27. The molecule has 4 aliphatic rings. The zero-order valence-electron chi connectivity index (χ0n) is 36.8. The Morgan fingerprint density at radius 2 is 1.00 bits per heavy atom. The molecular formula is C40H62Cl2F2N14O6. The molecule has 0 spiro atoms. The van der Waals surface area contributed by atoms with Crippen LogP contribution in [0.2, 0.25) is 10.6 Å². The van der Waals surface area contributed by atoms with Gasteiger partial charge in [0.2, 0.25) is 34.0 Å². The topological polar surface area (TPSA) is 245 Å². The summed E-state index contributed by atoms with van der Waals surface area (Å²) in [6, 6.07) is 0.428. The number of amides is 4. The molecule has 2 saturated heterocycles. The Hall–Kier alpha value is -4.80. The molecule has 2 aliphatic heterocycles. The lowest BCUT2D eigenvalue weighted by Crippen LogP contribution is -2.50. The summed E-state index contributed by atoms with van der Waals surface area (Å²) < 4.78 is 30.3. The fourth-order valence-corrected chi connectivity index (χ4v) is 8.94. The van der Waals surface area contributed by atoms with Crippen LogP contribution in [0.5, 0.6) is 0 Å². The van der Waals surface area contributed by atoms with Crippen molar-refractivity contribution in [1.82, 2.24) is 51.2 Å². The van der Waals surface area contributed by atoms with Gasteiger partial charge in [-0.25, -0.2) is 9.59 Å². The summed E-state index contributed by atoms with van der Waals surface area (Å²) in [4.78, 5) is 71.2. The molecule has 356 valence electrons. The number of rotatable bonds is 16. The molecule has 4 heterocycles. The molecule has 20 nitrogen and oxygen atoms in total. The maximum Gasteiger partial charge on any atom is 0.404 e. The third-order valence-corrected chi connectivity index (χ3v) is 13.0. The lowest BCUT2D eigenvalue weighted by Gasteiger charge is -2.38. The van der Waals surface area contributed by atoms with Gasteiger partial charge in [-0.15, -0.1) is 0 Å². The monoisotopic (exact) mass is 942 g/mol. The van der Waals surface area contributed by atoms with E-state index < -0.39 is 47.5 Å². The molecule has 4 fully saturated rings. The zero-order valence-corrected chi connectivity index (χ0v) is 38.3. The summed E-state index contributed by atoms with van der Waals surface area (Å²) >= 11 is 12.1. The molecule has 2 aromatic heterocycles. The molecule has 6 rings (SSSR count). The number of halogens is 4. The number of hydrogen-bond donors (Lipinski definition) is 8.